The van der Waals surface area contributed by atoms with Crippen molar-refractivity contribution in [1.82, 2.24) is 4.98 Å². The molecule has 56 heavy (non-hydrogen) atoms. The molecule has 8 heteroatoms. The van der Waals surface area contributed by atoms with Crippen molar-refractivity contribution in [2.45, 2.75) is 72.3 Å². The van der Waals surface area contributed by atoms with Crippen LogP contribution in [0.25, 0.3) is 27.8 Å². The zero-order valence-electron chi connectivity index (χ0n) is 32.9. The first kappa shape index (κ1) is 36.8. The van der Waals surface area contributed by atoms with Crippen molar-refractivity contribution in [2.24, 2.45) is 4.99 Å². The molecule has 0 saturated heterocycles. The summed E-state index contributed by atoms with van der Waals surface area (Å²) < 4.78 is 15.1. The van der Waals surface area contributed by atoms with Crippen molar-refractivity contribution in [3.8, 4) is 11.4 Å². The maximum absolute atomic E-state index is 6.42. The molecule has 0 spiro atoms. The number of nitrogens with zero attached hydrogens (tertiary/aromatic N) is 4. The average Bonchev–Trinajstić information content (AvgIpc) is 3.19. The maximum Gasteiger partial charge on any atom is 0.241 e. The zero-order chi connectivity index (χ0) is 38.8. The second-order valence-electron chi connectivity index (χ2n) is 15.1. The standard InChI is InChI=1S/C48H50N6O2/c1-31-23-39-43(27-37(31)49)53(35-17-11-9-12-18-35)45-29-47(33(3)25-41(45)51-39)55-21-15-7-5-6-8-16-22-56-48-30-46-42(26-34(48)4)52-40-24-32(2)38(50)28-44(40)54(46)36-19-13-10-14-20-36/h9-14,17-20,23-30,45,50H,5-8,15-16,21-22,49H2,1-4H3/p+1. The first-order chi connectivity index (χ1) is 27.2. The van der Waals surface area contributed by atoms with E-state index >= 15 is 0 Å². The number of aromatic nitrogens is 2. The summed E-state index contributed by atoms with van der Waals surface area (Å²) in [7, 11) is 0. The van der Waals surface area contributed by atoms with Crippen molar-refractivity contribution >= 4 is 56.2 Å². The van der Waals surface area contributed by atoms with Gasteiger partial charge in [0, 0.05) is 35.3 Å². The lowest BCUT2D eigenvalue weighted by molar-refractivity contribution is -0.538. The maximum atomic E-state index is 6.42. The number of aryl methyl sites for hydroxylation is 3. The summed E-state index contributed by atoms with van der Waals surface area (Å²) in [6.07, 6.45) is 11.0. The predicted molar refractivity (Wildman–Crippen MR) is 231 cm³/mol. The highest BCUT2D eigenvalue weighted by Gasteiger charge is 2.33. The summed E-state index contributed by atoms with van der Waals surface area (Å²) >= 11 is 0. The molecule has 0 amide bonds. The second-order valence-corrected chi connectivity index (χ2v) is 15.1. The summed E-state index contributed by atoms with van der Waals surface area (Å²) in [4.78, 5) is 12.4. The van der Waals surface area contributed by atoms with Crippen LogP contribution in [0, 0.1) is 20.8 Å². The van der Waals surface area contributed by atoms with Gasteiger partial charge in [0.15, 0.2) is 0 Å². The summed E-state index contributed by atoms with van der Waals surface area (Å²) in [6.45, 7) is 9.63. The summed E-state index contributed by atoms with van der Waals surface area (Å²) in [5.41, 5.74) is 27.5. The third-order valence-corrected chi connectivity index (χ3v) is 11.0. The fourth-order valence-corrected chi connectivity index (χ4v) is 7.81. The van der Waals surface area contributed by atoms with Gasteiger partial charge in [0.05, 0.1) is 42.4 Å². The number of benzene rings is 5. The van der Waals surface area contributed by atoms with Crippen molar-refractivity contribution in [1.29, 1.82) is 0 Å². The van der Waals surface area contributed by atoms with Crippen LogP contribution in [0.15, 0.2) is 126 Å². The SMILES string of the molecule is CC1=CC2=Nc3cc(C)c(N)cc3N(c3ccccc3)C2C=C1OCCCCCCCCOc1cc2c(cc1C)nc1cc(C)c(N)cc1[n+]2-c1ccccc1. The first-order valence-corrected chi connectivity index (χ1v) is 19.9. The number of unbranched alkanes of at least 4 members (excludes halogenated alkanes) is 5. The van der Waals surface area contributed by atoms with E-state index in [1.54, 1.807) is 0 Å². The number of aliphatic imine (C=N–C) groups is 1. The summed E-state index contributed by atoms with van der Waals surface area (Å²) in [6, 6.07) is 33.3. The Hall–Kier alpha value is -6.15. The van der Waals surface area contributed by atoms with E-state index in [1.807, 2.05) is 38.1 Å². The number of ether oxygens (including phenoxy) is 2. The minimum absolute atomic E-state index is 0.0729. The molecule has 5 aromatic carbocycles. The second kappa shape index (κ2) is 15.9. The minimum Gasteiger partial charge on any atom is -0.494 e. The van der Waals surface area contributed by atoms with Gasteiger partial charge in [-0.3, -0.25) is 0 Å². The lowest BCUT2D eigenvalue weighted by Crippen LogP contribution is -2.40. The van der Waals surface area contributed by atoms with E-state index in [1.165, 1.54) is 12.8 Å². The number of rotatable bonds is 13. The first-order valence-electron chi connectivity index (χ1n) is 19.9. The number of nitrogens with two attached hydrogens (primary N) is 2. The molecule has 1 atom stereocenters. The Morgan fingerprint density at radius 2 is 1.27 bits per heavy atom. The lowest BCUT2D eigenvalue weighted by Gasteiger charge is -2.38. The summed E-state index contributed by atoms with van der Waals surface area (Å²) in [5, 5.41) is 0. The van der Waals surface area contributed by atoms with E-state index in [4.69, 9.17) is 30.9 Å². The zero-order valence-corrected chi connectivity index (χ0v) is 32.9. The molecule has 1 unspecified atom stereocenters. The van der Waals surface area contributed by atoms with Crippen LogP contribution in [0.3, 0.4) is 0 Å². The Morgan fingerprint density at radius 1 is 0.661 bits per heavy atom. The minimum atomic E-state index is -0.0729. The molecule has 0 radical (unpaired) electrons. The van der Waals surface area contributed by atoms with Crippen molar-refractivity contribution in [3.63, 3.8) is 0 Å². The van der Waals surface area contributed by atoms with E-state index in [9.17, 15) is 0 Å². The van der Waals surface area contributed by atoms with Gasteiger partial charge in [0.2, 0.25) is 16.7 Å². The lowest BCUT2D eigenvalue weighted by atomic mass is 9.94. The fraction of sp³-hybridized carbons (Fsp3) is 0.271. The van der Waals surface area contributed by atoms with Crippen LogP contribution in [0.1, 0.15) is 62.1 Å². The Bertz CT molecular complexity index is 2510. The smallest absolute Gasteiger partial charge is 0.241 e. The monoisotopic (exact) mass is 743 g/mol. The van der Waals surface area contributed by atoms with Gasteiger partial charge in [-0.05, 0) is 111 Å². The van der Waals surface area contributed by atoms with Gasteiger partial charge in [-0.15, -0.1) is 4.57 Å². The number of hydrogen-bond acceptors (Lipinski definition) is 7. The van der Waals surface area contributed by atoms with E-state index in [0.717, 1.165) is 121 Å². The topological polar surface area (TPSA) is 103 Å². The highest BCUT2D eigenvalue weighted by molar-refractivity contribution is 6.10. The van der Waals surface area contributed by atoms with Gasteiger partial charge in [-0.2, -0.15) is 0 Å². The van der Waals surface area contributed by atoms with Crippen LogP contribution < -0.4 is 25.7 Å². The van der Waals surface area contributed by atoms with Crippen LogP contribution in [-0.2, 0) is 4.74 Å². The molecule has 8 rings (SSSR count). The number of fused-ring (bicyclic) bond motifs is 4. The highest BCUT2D eigenvalue weighted by Crippen LogP contribution is 2.44. The molecule has 8 nitrogen and oxygen atoms in total. The molecule has 1 aliphatic carbocycles. The third kappa shape index (κ3) is 7.44. The normalized spacial score (nSPS) is 14.9. The number of allylic oxidation sites excluding steroid dienone is 1. The Balaban J connectivity index is 0.842. The van der Waals surface area contributed by atoms with Crippen LogP contribution in [0.5, 0.6) is 5.75 Å². The molecule has 0 bridgehead atoms. The largest absolute Gasteiger partial charge is 0.494 e. The number of nitrogen functional groups attached to an aromatic ring is 2. The van der Waals surface area contributed by atoms with Crippen LogP contribution >= 0.6 is 0 Å². The van der Waals surface area contributed by atoms with E-state index in [0.29, 0.717) is 13.2 Å². The van der Waals surface area contributed by atoms with Gasteiger partial charge in [0.25, 0.3) is 0 Å². The fourth-order valence-electron chi connectivity index (χ4n) is 7.81. The molecular weight excluding hydrogens is 693 g/mol. The third-order valence-electron chi connectivity index (χ3n) is 11.0. The molecule has 1 aromatic heterocycles. The average molecular weight is 744 g/mol. The van der Waals surface area contributed by atoms with Crippen molar-refractivity contribution < 1.29 is 14.0 Å². The highest BCUT2D eigenvalue weighted by atomic mass is 16.5. The predicted octanol–water partition coefficient (Wildman–Crippen LogP) is 10.6. The molecule has 2 heterocycles. The molecule has 4 N–H and O–H groups in total. The molecule has 6 aromatic rings. The molecule has 284 valence electrons. The molecule has 0 fully saturated rings. The number of anilines is 4. The quantitative estimate of drug-likeness (QED) is 0.0528. The summed E-state index contributed by atoms with van der Waals surface area (Å²) in [5.74, 6) is 1.82. The Kier molecular flexibility index (Phi) is 10.5. The van der Waals surface area contributed by atoms with Crippen LogP contribution in [-0.4, -0.2) is 30.0 Å². The Morgan fingerprint density at radius 3 is 2.00 bits per heavy atom. The van der Waals surface area contributed by atoms with E-state index in [-0.39, 0.29) is 6.04 Å². The molecule has 2 aliphatic rings. The van der Waals surface area contributed by atoms with Gasteiger partial charge in [-0.1, -0.05) is 62.1 Å². The van der Waals surface area contributed by atoms with Crippen LogP contribution in [0.2, 0.25) is 0 Å². The molecular formula is C48H51N6O2+. The molecule has 1 aliphatic heterocycles. The Labute approximate surface area is 329 Å². The molecule has 0 saturated carbocycles. The van der Waals surface area contributed by atoms with Gasteiger partial charge in [-0.25, -0.2) is 9.98 Å². The van der Waals surface area contributed by atoms with Gasteiger partial charge < -0.3 is 25.8 Å². The van der Waals surface area contributed by atoms with E-state index in [2.05, 4.69) is 108 Å². The van der Waals surface area contributed by atoms with E-state index < -0.39 is 0 Å². The number of hydrogen-bond donors (Lipinski definition) is 2. The van der Waals surface area contributed by atoms with Gasteiger partial charge >= 0.3 is 0 Å². The van der Waals surface area contributed by atoms with Gasteiger partial charge in [0.1, 0.15) is 22.5 Å². The van der Waals surface area contributed by atoms with Crippen molar-refractivity contribution in [3.05, 3.63) is 137 Å². The number of para-hydroxylation sites is 2. The van der Waals surface area contributed by atoms with Crippen LogP contribution in [0.4, 0.5) is 28.4 Å². The van der Waals surface area contributed by atoms with Crippen molar-refractivity contribution in [2.75, 3.05) is 29.6 Å².